The number of rotatable bonds is 14. The fraction of sp³-hybridized carbons (Fsp3) is 0.343. The third kappa shape index (κ3) is 8.79. The summed E-state index contributed by atoms with van der Waals surface area (Å²) in [6.45, 7) is 5.41. The van der Waals surface area contributed by atoms with Crippen LogP contribution in [0.15, 0.2) is 66.9 Å². The fourth-order valence-electron chi connectivity index (χ4n) is 5.66. The SMILES string of the molecule is COc1ccc(OC)c(C(c2ccc(Cl)cc2OC)N(C(=O)O)c2ccnc(Nc3ccc(OCCCN4CCN(C)CC4)c(F)c3)n2)c1. The zero-order valence-corrected chi connectivity index (χ0v) is 28.6. The Morgan fingerprint density at radius 2 is 1.71 bits per heavy atom. The lowest BCUT2D eigenvalue weighted by Crippen LogP contribution is -2.44. The largest absolute Gasteiger partial charge is 0.497 e. The molecule has 4 aromatic rings. The molecule has 0 saturated carbocycles. The Bertz CT molecular complexity index is 1740. The van der Waals surface area contributed by atoms with Crippen LogP contribution in [0.1, 0.15) is 23.6 Å². The molecule has 2 N–H and O–H groups in total. The van der Waals surface area contributed by atoms with E-state index in [0.717, 1.165) is 44.0 Å². The van der Waals surface area contributed by atoms with Crippen LogP contribution >= 0.6 is 11.6 Å². The van der Waals surface area contributed by atoms with Gasteiger partial charge in [-0.2, -0.15) is 4.98 Å². The number of ether oxygens (including phenoxy) is 4. The van der Waals surface area contributed by atoms with Crippen LogP contribution in [0, 0.1) is 5.82 Å². The number of amides is 1. The van der Waals surface area contributed by atoms with Gasteiger partial charge < -0.3 is 39.2 Å². The van der Waals surface area contributed by atoms with Crippen molar-refractivity contribution < 1.29 is 33.2 Å². The van der Waals surface area contributed by atoms with Crippen LogP contribution in [0.3, 0.4) is 0 Å². The van der Waals surface area contributed by atoms with E-state index >= 15 is 4.39 Å². The fourth-order valence-corrected chi connectivity index (χ4v) is 5.82. The van der Waals surface area contributed by atoms with Gasteiger partial charge in [0.2, 0.25) is 5.95 Å². The number of nitrogens with zero attached hydrogens (tertiary/aromatic N) is 5. The number of piperazine rings is 1. The molecule has 1 saturated heterocycles. The third-order valence-corrected chi connectivity index (χ3v) is 8.47. The summed E-state index contributed by atoms with van der Waals surface area (Å²) >= 11 is 6.27. The van der Waals surface area contributed by atoms with E-state index in [4.69, 9.17) is 30.5 Å². The molecule has 1 amide bonds. The molecular weight excluding hydrogens is 655 g/mol. The summed E-state index contributed by atoms with van der Waals surface area (Å²) in [5.74, 6) is 0.891. The highest BCUT2D eigenvalue weighted by molar-refractivity contribution is 6.30. The summed E-state index contributed by atoms with van der Waals surface area (Å²) in [4.78, 5) is 27.6. The van der Waals surface area contributed by atoms with E-state index in [1.54, 1.807) is 48.5 Å². The summed E-state index contributed by atoms with van der Waals surface area (Å²) in [7, 11) is 6.59. The van der Waals surface area contributed by atoms with Gasteiger partial charge in [0.15, 0.2) is 11.6 Å². The highest BCUT2D eigenvalue weighted by atomic mass is 35.5. The number of carboxylic acid groups (broad SMARTS) is 1. The maximum Gasteiger partial charge on any atom is 0.413 e. The van der Waals surface area contributed by atoms with Gasteiger partial charge in [-0.1, -0.05) is 17.7 Å². The molecule has 0 aliphatic carbocycles. The molecule has 2 heterocycles. The van der Waals surface area contributed by atoms with Crippen LogP contribution in [0.25, 0.3) is 0 Å². The number of hydrogen-bond acceptors (Lipinski definition) is 10. The Kier molecular flexibility index (Phi) is 11.9. The van der Waals surface area contributed by atoms with Crippen molar-refractivity contribution in [3.05, 3.63) is 88.8 Å². The number of likely N-dealkylation sites (N-methyl/N-ethyl adjacent to an activating group) is 1. The van der Waals surface area contributed by atoms with E-state index < -0.39 is 18.0 Å². The van der Waals surface area contributed by atoms with Gasteiger partial charge in [-0.3, -0.25) is 0 Å². The molecule has 1 unspecified atom stereocenters. The van der Waals surface area contributed by atoms with Crippen LogP contribution in [-0.2, 0) is 0 Å². The lowest BCUT2D eigenvalue weighted by Gasteiger charge is -2.32. The first kappa shape index (κ1) is 35.5. The maximum atomic E-state index is 15.1. The Hall–Kier alpha value is -4.85. The predicted molar refractivity (Wildman–Crippen MR) is 186 cm³/mol. The van der Waals surface area contributed by atoms with E-state index in [-0.39, 0.29) is 17.5 Å². The van der Waals surface area contributed by atoms with Gasteiger partial charge in [0.05, 0.1) is 34.0 Å². The molecule has 0 spiro atoms. The third-order valence-electron chi connectivity index (χ3n) is 8.23. The highest BCUT2D eigenvalue weighted by Gasteiger charge is 2.34. The van der Waals surface area contributed by atoms with E-state index in [2.05, 4.69) is 32.1 Å². The normalized spacial score (nSPS) is 14.2. The van der Waals surface area contributed by atoms with Crippen molar-refractivity contribution >= 4 is 35.1 Å². The first-order valence-electron chi connectivity index (χ1n) is 15.7. The maximum absolute atomic E-state index is 15.1. The standard InChI is InChI=1S/C35H40ClFN6O6/c1-41-15-17-42(18-16-41)14-5-19-49-30-10-7-24(21-28(30)37)39-34-38-13-12-32(40-34)43(35(44)45)33(26-9-6-23(36)20-31(26)48-4)27-22-25(46-2)8-11-29(27)47-3/h6-13,20-22,33H,5,14-19H2,1-4H3,(H,44,45)(H,38,39,40). The Morgan fingerprint density at radius 3 is 2.41 bits per heavy atom. The van der Waals surface area contributed by atoms with E-state index in [9.17, 15) is 9.90 Å². The Balaban J connectivity index is 1.39. The molecule has 260 valence electrons. The van der Waals surface area contributed by atoms with Crippen LogP contribution < -0.4 is 29.2 Å². The Labute approximate surface area is 289 Å². The highest BCUT2D eigenvalue weighted by Crippen LogP contribution is 2.43. The van der Waals surface area contributed by atoms with Gasteiger partial charge in [0.25, 0.3) is 0 Å². The summed E-state index contributed by atoms with van der Waals surface area (Å²) in [5, 5.41) is 14.1. The minimum atomic E-state index is -1.32. The topological polar surface area (TPSA) is 122 Å². The van der Waals surface area contributed by atoms with E-state index in [1.807, 2.05) is 0 Å². The van der Waals surface area contributed by atoms with Crippen molar-refractivity contribution in [2.45, 2.75) is 12.5 Å². The lowest BCUT2D eigenvalue weighted by atomic mass is 9.95. The van der Waals surface area contributed by atoms with Crippen LogP contribution in [0.5, 0.6) is 23.0 Å². The molecule has 1 atom stereocenters. The predicted octanol–water partition coefficient (Wildman–Crippen LogP) is 6.33. The second-order valence-electron chi connectivity index (χ2n) is 11.4. The molecule has 5 rings (SSSR count). The number of nitrogens with one attached hydrogen (secondary N) is 1. The minimum Gasteiger partial charge on any atom is -0.497 e. The number of halogens is 2. The average Bonchev–Trinajstić information content (AvgIpc) is 3.10. The van der Waals surface area contributed by atoms with Gasteiger partial charge in [-0.25, -0.2) is 19.1 Å². The number of anilines is 3. The Morgan fingerprint density at radius 1 is 0.959 bits per heavy atom. The first-order chi connectivity index (χ1) is 23.7. The first-order valence-corrected chi connectivity index (χ1v) is 16.1. The molecule has 1 aliphatic heterocycles. The van der Waals surface area contributed by atoms with Gasteiger partial charge in [-0.15, -0.1) is 0 Å². The minimum absolute atomic E-state index is 0.0256. The van der Waals surface area contributed by atoms with Crippen molar-refractivity contribution in [2.24, 2.45) is 0 Å². The summed E-state index contributed by atoms with van der Waals surface area (Å²) in [6.07, 6.45) is 0.874. The molecule has 1 fully saturated rings. The van der Waals surface area contributed by atoms with Gasteiger partial charge in [-0.05, 0) is 62.0 Å². The molecule has 1 aliphatic rings. The second kappa shape index (κ2) is 16.5. The summed E-state index contributed by atoms with van der Waals surface area (Å²) in [5.41, 5.74) is 1.28. The zero-order chi connectivity index (χ0) is 34.9. The van der Waals surface area contributed by atoms with Gasteiger partial charge >= 0.3 is 6.09 Å². The molecule has 0 radical (unpaired) electrons. The van der Waals surface area contributed by atoms with Crippen molar-refractivity contribution in [3.8, 4) is 23.0 Å². The number of aromatic nitrogens is 2. The molecule has 14 heteroatoms. The lowest BCUT2D eigenvalue weighted by molar-refractivity contribution is 0.145. The van der Waals surface area contributed by atoms with E-state index in [0.29, 0.717) is 45.7 Å². The van der Waals surface area contributed by atoms with Crippen molar-refractivity contribution in [2.75, 3.05) is 77.9 Å². The van der Waals surface area contributed by atoms with Crippen LogP contribution in [0.4, 0.5) is 26.6 Å². The quantitative estimate of drug-likeness (QED) is 0.144. The van der Waals surface area contributed by atoms with Crippen LogP contribution in [0.2, 0.25) is 5.02 Å². The molecule has 49 heavy (non-hydrogen) atoms. The monoisotopic (exact) mass is 694 g/mol. The van der Waals surface area contributed by atoms with E-state index in [1.165, 1.54) is 39.7 Å². The molecular formula is C35H40ClFN6O6. The smallest absolute Gasteiger partial charge is 0.413 e. The number of methoxy groups -OCH3 is 3. The molecule has 0 bridgehead atoms. The average molecular weight is 695 g/mol. The van der Waals surface area contributed by atoms with Crippen molar-refractivity contribution in [1.29, 1.82) is 0 Å². The number of hydrogen-bond donors (Lipinski definition) is 2. The summed E-state index contributed by atoms with van der Waals surface area (Å²) in [6, 6.07) is 14.9. The molecule has 1 aromatic heterocycles. The number of benzene rings is 3. The van der Waals surface area contributed by atoms with Gasteiger partial charge in [0.1, 0.15) is 23.1 Å². The number of carbonyl (C=O) groups is 1. The zero-order valence-electron chi connectivity index (χ0n) is 27.9. The second-order valence-corrected chi connectivity index (χ2v) is 11.8. The van der Waals surface area contributed by atoms with Crippen molar-refractivity contribution in [3.63, 3.8) is 0 Å². The molecule has 12 nitrogen and oxygen atoms in total. The molecule has 3 aromatic carbocycles. The van der Waals surface area contributed by atoms with Gasteiger partial charge in [0, 0.05) is 66.8 Å². The van der Waals surface area contributed by atoms with Crippen LogP contribution in [-0.4, -0.2) is 98.7 Å². The van der Waals surface area contributed by atoms with Crippen molar-refractivity contribution in [1.82, 2.24) is 19.8 Å². The summed E-state index contributed by atoms with van der Waals surface area (Å²) < 4.78 is 37.5.